The number of para-hydroxylation sites is 1. The molecule has 15 heavy (non-hydrogen) atoms. The lowest BCUT2D eigenvalue weighted by molar-refractivity contribution is 0.483. The molecule has 0 saturated heterocycles. The first kappa shape index (κ1) is 9.22. The Hall–Kier alpha value is -2.34. The summed E-state index contributed by atoms with van der Waals surface area (Å²) in [4.78, 5) is 3.06. The number of benzene rings is 2. The van der Waals surface area contributed by atoms with Crippen molar-refractivity contribution in [3.8, 4) is 11.5 Å². The van der Waals surface area contributed by atoms with E-state index in [1.165, 1.54) is 0 Å². The largest absolute Gasteiger partial charge is 0.457 e. The van der Waals surface area contributed by atoms with Gasteiger partial charge >= 0.3 is 5.69 Å². The van der Waals surface area contributed by atoms with Crippen LogP contribution in [0.2, 0.25) is 0 Å². The molecule has 2 rings (SSSR count). The van der Waals surface area contributed by atoms with Crippen molar-refractivity contribution in [2.75, 3.05) is 0 Å². The van der Waals surface area contributed by atoms with Gasteiger partial charge in [0.1, 0.15) is 11.5 Å². The highest BCUT2D eigenvalue weighted by Crippen LogP contribution is 2.23. The number of hydrogen-bond donors (Lipinski definition) is 0. The molecule has 0 fully saturated rings. The van der Waals surface area contributed by atoms with Crippen LogP contribution in [0.25, 0.3) is 4.98 Å². The Morgan fingerprint density at radius 2 is 1.40 bits per heavy atom. The van der Waals surface area contributed by atoms with Crippen molar-refractivity contribution >= 4 is 5.69 Å². The van der Waals surface area contributed by atoms with Crippen LogP contribution < -0.4 is 4.74 Å². The second-order valence-electron chi connectivity index (χ2n) is 3.01. The number of nitrogens with zero attached hydrogens (tertiary/aromatic N) is 2. The van der Waals surface area contributed by atoms with Crippen LogP contribution in [0.4, 0.5) is 5.69 Å². The van der Waals surface area contributed by atoms with Crippen LogP contribution in [0.3, 0.4) is 0 Å². The van der Waals surface area contributed by atoms with Gasteiger partial charge in [0, 0.05) is 12.1 Å². The van der Waals surface area contributed by atoms with Crippen molar-refractivity contribution in [1.29, 1.82) is 5.39 Å². The van der Waals surface area contributed by atoms with Gasteiger partial charge in [-0.05, 0) is 24.3 Å². The van der Waals surface area contributed by atoms with Gasteiger partial charge in [0.2, 0.25) is 5.39 Å². The Kier molecular flexibility index (Phi) is 2.61. The third-order valence-electron chi connectivity index (χ3n) is 1.93. The predicted octanol–water partition coefficient (Wildman–Crippen LogP) is 3.96. The SMILES string of the molecule is N#[N+]c1ccc(Oc2ccccc2)cc1. The van der Waals surface area contributed by atoms with E-state index in [9.17, 15) is 0 Å². The lowest BCUT2D eigenvalue weighted by Crippen LogP contribution is -1.81. The van der Waals surface area contributed by atoms with Crippen molar-refractivity contribution in [2.45, 2.75) is 0 Å². The second kappa shape index (κ2) is 4.25. The molecule has 0 amide bonds. The Labute approximate surface area is 87.6 Å². The molecule has 0 atom stereocenters. The lowest BCUT2D eigenvalue weighted by atomic mass is 10.3. The molecule has 72 valence electrons. The first-order chi connectivity index (χ1) is 7.38. The van der Waals surface area contributed by atoms with E-state index in [2.05, 4.69) is 4.98 Å². The minimum Gasteiger partial charge on any atom is -0.457 e. The molecular formula is C12H9N2O+. The zero-order valence-electron chi connectivity index (χ0n) is 8.00. The third-order valence-corrected chi connectivity index (χ3v) is 1.93. The van der Waals surface area contributed by atoms with Gasteiger partial charge < -0.3 is 4.74 Å². The molecule has 2 aromatic rings. The molecule has 0 aromatic heterocycles. The zero-order chi connectivity index (χ0) is 10.5. The molecule has 0 aliphatic rings. The van der Waals surface area contributed by atoms with E-state index in [1.807, 2.05) is 30.3 Å². The molecule has 0 aliphatic heterocycles. The Morgan fingerprint density at radius 1 is 0.800 bits per heavy atom. The van der Waals surface area contributed by atoms with Crippen molar-refractivity contribution in [3.05, 3.63) is 59.6 Å². The average molecular weight is 197 g/mol. The predicted molar refractivity (Wildman–Crippen MR) is 57.7 cm³/mol. The molecule has 0 saturated carbocycles. The van der Waals surface area contributed by atoms with Crippen molar-refractivity contribution in [1.82, 2.24) is 0 Å². The standard InChI is InChI=1S/C12H9N2O/c13-14-10-6-8-12(9-7-10)15-11-4-2-1-3-5-11/h1-9H/q+1. The van der Waals surface area contributed by atoms with Crippen LogP contribution >= 0.6 is 0 Å². The minimum absolute atomic E-state index is 0.510. The summed E-state index contributed by atoms with van der Waals surface area (Å²) in [7, 11) is 0. The van der Waals surface area contributed by atoms with Gasteiger partial charge in [-0.15, -0.1) is 0 Å². The second-order valence-corrected chi connectivity index (χ2v) is 3.01. The summed E-state index contributed by atoms with van der Waals surface area (Å²) in [5, 5.41) is 8.50. The van der Waals surface area contributed by atoms with Crippen LogP contribution in [0.15, 0.2) is 54.6 Å². The van der Waals surface area contributed by atoms with Crippen molar-refractivity contribution in [3.63, 3.8) is 0 Å². The van der Waals surface area contributed by atoms with Gasteiger partial charge in [0.05, 0.1) is 0 Å². The minimum atomic E-state index is 0.510. The van der Waals surface area contributed by atoms with Gasteiger partial charge in [-0.1, -0.05) is 18.2 Å². The molecule has 0 N–H and O–H groups in total. The first-order valence-electron chi connectivity index (χ1n) is 4.56. The number of hydrogen-bond acceptors (Lipinski definition) is 2. The maximum atomic E-state index is 8.50. The smallest absolute Gasteiger partial charge is 0.385 e. The highest BCUT2D eigenvalue weighted by molar-refractivity contribution is 5.47. The van der Waals surface area contributed by atoms with Crippen LogP contribution in [-0.2, 0) is 0 Å². The molecule has 0 radical (unpaired) electrons. The zero-order valence-corrected chi connectivity index (χ0v) is 8.00. The van der Waals surface area contributed by atoms with E-state index in [-0.39, 0.29) is 0 Å². The fourth-order valence-electron chi connectivity index (χ4n) is 1.21. The number of rotatable bonds is 2. The topological polar surface area (TPSA) is 37.4 Å². The van der Waals surface area contributed by atoms with Gasteiger partial charge in [-0.25, -0.2) is 0 Å². The summed E-state index contributed by atoms with van der Waals surface area (Å²) >= 11 is 0. The molecule has 0 bridgehead atoms. The average Bonchev–Trinajstić information content (AvgIpc) is 2.31. The van der Waals surface area contributed by atoms with E-state index in [1.54, 1.807) is 24.3 Å². The van der Waals surface area contributed by atoms with Gasteiger partial charge in [-0.2, -0.15) is 0 Å². The van der Waals surface area contributed by atoms with E-state index in [0.717, 1.165) is 5.75 Å². The Morgan fingerprint density at radius 3 is 2.00 bits per heavy atom. The van der Waals surface area contributed by atoms with Crippen molar-refractivity contribution < 1.29 is 4.74 Å². The summed E-state index contributed by atoms with van der Waals surface area (Å²) in [5.41, 5.74) is 0.510. The van der Waals surface area contributed by atoms with E-state index >= 15 is 0 Å². The summed E-state index contributed by atoms with van der Waals surface area (Å²) in [6.07, 6.45) is 0. The summed E-state index contributed by atoms with van der Waals surface area (Å²) in [6.45, 7) is 0. The Balaban J connectivity index is 2.16. The molecule has 0 unspecified atom stereocenters. The van der Waals surface area contributed by atoms with Crippen LogP contribution in [0, 0.1) is 5.39 Å². The lowest BCUT2D eigenvalue weighted by Gasteiger charge is -2.03. The molecule has 0 heterocycles. The molecular weight excluding hydrogens is 188 g/mol. The first-order valence-corrected chi connectivity index (χ1v) is 4.56. The molecule has 0 aliphatic carbocycles. The molecule has 3 heteroatoms. The highest BCUT2D eigenvalue weighted by atomic mass is 16.5. The fourth-order valence-corrected chi connectivity index (χ4v) is 1.21. The highest BCUT2D eigenvalue weighted by Gasteiger charge is 2.03. The van der Waals surface area contributed by atoms with E-state index in [0.29, 0.717) is 11.4 Å². The number of diazo groups is 1. The monoisotopic (exact) mass is 197 g/mol. The van der Waals surface area contributed by atoms with E-state index in [4.69, 9.17) is 10.1 Å². The quantitative estimate of drug-likeness (QED) is 0.683. The summed E-state index contributed by atoms with van der Waals surface area (Å²) in [5.74, 6) is 1.50. The van der Waals surface area contributed by atoms with E-state index < -0.39 is 0 Å². The van der Waals surface area contributed by atoms with Gasteiger partial charge in [0.25, 0.3) is 0 Å². The number of ether oxygens (including phenoxy) is 1. The maximum Gasteiger partial charge on any atom is 0.385 e. The van der Waals surface area contributed by atoms with Gasteiger partial charge in [-0.3, -0.25) is 0 Å². The van der Waals surface area contributed by atoms with Crippen LogP contribution in [-0.4, -0.2) is 0 Å². The van der Waals surface area contributed by atoms with Crippen molar-refractivity contribution in [2.24, 2.45) is 0 Å². The van der Waals surface area contributed by atoms with Crippen LogP contribution in [0.1, 0.15) is 0 Å². The summed E-state index contributed by atoms with van der Waals surface area (Å²) in [6, 6.07) is 16.4. The van der Waals surface area contributed by atoms with Crippen LogP contribution in [0.5, 0.6) is 11.5 Å². The molecule has 3 nitrogen and oxygen atoms in total. The summed E-state index contributed by atoms with van der Waals surface area (Å²) < 4.78 is 5.55. The Bertz CT molecular complexity index is 471. The molecule has 2 aromatic carbocycles. The molecule has 0 spiro atoms. The third kappa shape index (κ3) is 2.32. The van der Waals surface area contributed by atoms with Gasteiger partial charge in [0.15, 0.2) is 4.98 Å². The fraction of sp³-hybridized carbons (Fsp3) is 0. The normalized spacial score (nSPS) is 9.27. The maximum absolute atomic E-state index is 8.50.